The van der Waals surface area contributed by atoms with Crippen molar-refractivity contribution in [3.05, 3.63) is 28.2 Å². The van der Waals surface area contributed by atoms with E-state index in [-0.39, 0.29) is 22.0 Å². The number of piperazine rings is 1. The predicted molar refractivity (Wildman–Crippen MR) is 77.8 cm³/mol. The van der Waals surface area contributed by atoms with Gasteiger partial charge in [0.25, 0.3) is 5.91 Å². The standard InChI is InChI=1S/C14H15BrF2N2O2/c1-6(2)12-14(21)19(7(3)13(20)18-12)11-4-8(15)9(16)5-10(11)17/h4-7,12H,1-3H3,(H,18,20). The Bertz CT molecular complexity index is 607. The van der Waals surface area contributed by atoms with Crippen molar-refractivity contribution in [3.8, 4) is 0 Å². The lowest BCUT2D eigenvalue weighted by atomic mass is 9.97. The quantitative estimate of drug-likeness (QED) is 0.824. The molecule has 2 unspecified atom stereocenters. The van der Waals surface area contributed by atoms with E-state index in [1.54, 1.807) is 13.8 Å². The Morgan fingerprint density at radius 2 is 1.86 bits per heavy atom. The van der Waals surface area contributed by atoms with E-state index in [0.717, 1.165) is 4.90 Å². The van der Waals surface area contributed by atoms with Gasteiger partial charge in [0.2, 0.25) is 5.91 Å². The van der Waals surface area contributed by atoms with E-state index in [1.807, 2.05) is 0 Å². The maximum absolute atomic E-state index is 14.0. The van der Waals surface area contributed by atoms with E-state index in [4.69, 9.17) is 0 Å². The summed E-state index contributed by atoms with van der Waals surface area (Å²) >= 11 is 2.97. The van der Waals surface area contributed by atoms with Crippen molar-refractivity contribution >= 4 is 33.4 Å². The Morgan fingerprint density at radius 3 is 2.43 bits per heavy atom. The number of halogens is 3. The third-order valence-electron chi connectivity index (χ3n) is 3.48. The van der Waals surface area contributed by atoms with Gasteiger partial charge < -0.3 is 5.32 Å². The summed E-state index contributed by atoms with van der Waals surface area (Å²) in [6.07, 6.45) is 0. The molecule has 21 heavy (non-hydrogen) atoms. The number of rotatable bonds is 2. The molecular formula is C14H15BrF2N2O2. The van der Waals surface area contributed by atoms with E-state index >= 15 is 0 Å². The molecule has 0 radical (unpaired) electrons. The Kier molecular flexibility index (Phi) is 4.32. The van der Waals surface area contributed by atoms with Crippen molar-refractivity contribution in [1.29, 1.82) is 0 Å². The molecule has 1 aliphatic rings. The topological polar surface area (TPSA) is 49.4 Å². The molecule has 1 aromatic carbocycles. The fourth-order valence-electron chi connectivity index (χ4n) is 2.27. The lowest BCUT2D eigenvalue weighted by Crippen LogP contribution is -2.64. The molecule has 0 saturated carbocycles. The third kappa shape index (κ3) is 2.79. The molecule has 0 spiro atoms. The van der Waals surface area contributed by atoms with Crippen LogP contribution in [0.25, 0.3) is 0 Å². The molecule has 1 fully saturated rings. The van der Waals surface area contributed by atoms with Gasteiger partial charge in [-0.25, -0.2) is 8.78 Å². The van der Waals surface area contributed by atoms with Crippen molar-refractivity contribution in [2.75, 3.05) is 4.90 Å². The summed E-state index contributed by atoms with van der Waals surface area (Å²) in [4.78, 5) is 25.6. The zero-order chi connectivity index (χ0) is 15.9. The van der Waals surface area contributed by atoms with Gasteiger partial charge in [0.1, 0.15) is 23.7 Å². The molecule has 2 atom stereocenters. The number of carbonyl (C=O) groups is 2. The number of carbonyl (C=O) groups excluding carboxylic acids is 2. The molecule has 114 valence electrons. The smallest absolute Gasteiger partial charge is 0.250 e. The number of amides is 2. The highest BCUT2D eigenvalue weighted by atomic mass is 79.9. The molecule has 1 heterocycles. The van der Waals surface area contributed by atoms with Gasteiger partial charge in [-0.2, -0.15) is 0 Å². The predicted octanol–water partition coefficient (Wildman–Crippen LogP) is 2.60. The Balaban J connectivity index is 2.51. The first-order valence-electron chi connectivity index (χ1n) is 6.52. The molecule has 1 N–H and O–H groups in total. The van der Waals surface area contributed by atoms with E-state index in [0.29, 0.717) is 6.07 Å². The largest absolute Gasteiger partial charge is 0.342 e. The number of nitrogens with zero attached hydrogens (tertiary/aromatic N) is 1. The molecule has 4 nitrogen and oxygen atoms in total. The average Bonchev–Trinajstić information content (AvgIpc) is 2.39. The fraction of sp³-hybridized carbons (Fsp3) is 0.429. The van der Waals surface area contributed by atoms with Crippen molar-refractivity contribution in [1.82, 2.24) is 5.32 Å². The summed E-state index contributed by atoms with van der Waals surface area (Å²) in [6, 6.07) is 0.280. The third-order valence-corrected chi connectivity index (χ3v) is 4.09. The van der Waals surface area contributed by atoms with Crippen LogP contribution < -0.4 is 10.2 Å². The highest BCUT2D eigenvalue weighted by Crippen LogP contribution is 2.30. The summed E-state index contributed by atoms with van der Waals surface area (Å²) in [6.45, 7) is 5.07. The number of nitrogens with one attached hydrogen (secondary N) is 1. The first kappa shape index (κ1) is 15.9. The second-order valence-corrected chi connectivity index (χ2v) is 6.19. The maximum Gasteiger partial charge on any atom is 0.250 e. The molecule has 0 aromatic heterocycles. The van der Waals surface area contributed by atoms with Gasteiger partial charge >= 0.3 is 0 Å². The van der Waals surface area contributed by atoms with Crippen molar-refractivity contribution in [3.63, 3.8) is 0 Å². The van der Waals surface area contributed by atoms with Gasteiger partial charge in [0, 0.05) is 6.07 Å². The van der Waals surface area contributed by atoms with Gasteiger partial charge in [0.05, 0.1) is 10.2 Å². The van der Waals surface area contributed by atoms with Gasteiger partial charge in [-0.3, -0.25) is 14.5 Å². The maximum atomic E-state index is 14.0. The SMILES string of the molecule is CC(C)C1NC(=O)C(C)N(c2cc(Br)c(F)cc2F)C1=O. The van der Waals surface area contributed by atoms with Crippen LogP contribution in [0.15, 0.2) is 16.6 Å². The first-order valence-corrected chi connectivity index (χ1v) is 7.31. The van der Waals surface area contributed by atoms with Crippen molar-refractivity contribution < 1.29 is 18.4 Å². The second-order valence-electron chi connectivity index (χ2n) is 5.33. The monoisotopic (exact) mass is 360 g/mol. The summed E-state index contributed by atoms with van der Waals surface area (Å²) in [7, 11) is 0. The van der Waals surface area contributed by atoms with Crippen molar-refractivity contribution in [2.24, 2.45) is 5.92 Å². The van der Waals surface area contributed by atoms with Crippen LogP contribution in [0, 0.1) is 17.6 Å². The van der Waals surface area contributed by atoms with Crippen LogP contribution in [-0.2, 0) is 9.59 Å². The minimum absolute atomic E-state index is 0.0333. The van der Waals surface area contributed by atoms with Crippen LogP contribution in [0.2, 0.25) is 0 Å². The Morgan fingerprint density at radius 1 is 1.24 bits per heavy atom. The molecule has 1 saturated heterocycles. The van der Waals surface area contributed by atoms with Crippen molar-refractivity contribution in [2.45, 2.75) is 32.9 Å². The molecule has 2 amide bonds. The van der Waals surface area contributed by atoms with E-state index in [2.05, 4.69) is 21.2 Å². The van der Waals surface area contributed by atoms with Crippen LogP contribution >= 0.6 is 15.9 Å². The molecule has 0 aliphatic carbocycles. The number of anilines is 1. The molecule has 7 heteroatoms. The molecular weight excluding hydrogens is 346 g/mol. The summed E-state index contributed by atoms with van der Waals surface area (Å²) in [5.41, 5.74) is -0.110. The summed E-state index contributed by atoms with van der Waals surface area (Å²) < 4.78 is 27.4. The van der Waals surface area contributed by atoms with Crippen LogP contribution in [0.3, 0.4) is 0 Å². The van der Waals surface area contributed by atoms with Gasteiger partial charge in [-0.15, -0.1) is 0 Å². The number of hydrogen-bond acceptors (Lipinski definition) is 2. The van der Waals surface area contributed by atoms with Crippen LogP contribution in [-0.4, -0.2) is 23.9 Å². The number of benzene rings is 1. The van der Waals surface area contributed by atoms with Gasteiger partial charge in [0.15, 0.2) is 0 Å². The van der Waals surface area contributed by atoms with E-state index < -0.39 is 29.6 Å². The molecule has 1 aromatic rings. The molecule has 2 rings (SSSR count). The Labute approximate surface area is 129 Å². The van der Waals surface area contributed by atoms with Crippen LogP contribution in [0.4, 0.5) is 14.5 Å². The normalized spacial score (nSPS) is 22.7. The number of hydrogen-bond donors (Lipinski definition) is 1. The lowest BCUT2D eigenvalue weighted by molar-refractivity contribution is -0.134. The summed E-state index contributed by atoms with van der Waals surface area (Å²) in [5, 5.41) is 2.62. The van der Waals surface area contributed by atoms with E-state index in [1.165, 1.54) is 13.0 Å². The van der Waals surface area contributed by atoms with Gasteiger partial charge in [-0.1, -0.05) is 13.8 Å². The fourth-order valence-corrected chi connectivity index (χ4v) is 2.60. The van der Waals surface area contributed by atoms with Crippen LogP contribution in [0.5, 0.6) is 0 Å². The Hall–Kier alpha value is -1.50. The van der Waals surface area contributed by atoms with Crippen LogP contribution in [0.1, 0.15) is 20.8 Å². The first-order chi connectivity index (χ1) is 9.73. The second kappa shape index (κ2) is 5.71. The summed E-state index contributed by atoms with van der Waals surface area (Å²) in [5.74, 6) is -2.56. The zero-order valence-electron chi connectivity index (χ0n) is 11.8. The molecule has 0 bridgehead atoms. The minimum Gasteiger partial charge on any atom is -0.342 e. The minimum atomic E-state index is -0.881. The van der Waals surface area contributed by atoms with E-state index in [9.17, 15) is 18.4 Å². The zero-order valence-corrected chi connectivity index (χ0v) is 13.4. The molecule has 1 aliphatic heterocycles. The average molecular weight is 361 g/mol. The highest BCUT2D eigenvalue weighted by Gasteiger charge is 2.41. The highest BCUT2D eigenvalue weighted by molar-refractivity contribution is 9.10. The van der Waals surface area contributed by atoms with Gasteiger partial charge in [-0.05, 0) is 34.8 Å². The lowest BCUT2D eigenvalue weighted by Gasteiger charge is -2.38.